The van der Waals surface area contributed by atoms with E-state index < -0.39 is 11.7 Å². The second-order valence-corrected chi connectivity index (χ2v) is 14.2. The summed E-state index contributed by atoms with van der Waals surface area (Å²) in [5.41, 5.74) is -0.510. The van der Waals surface area contributed by atoms with Crippen molar-refractivity contribution in [3.05, 3.63) is 0 Å². The molecule has 0 bridgehead atoms. The summed E-state index contributed by atoms with van der Waals surface area (Å²) in [6, 6.07) is -0.297. The minimum Gasteiger partial charge on any atom is -0.469 e. The van der Waals surface area contributed by atoms with E-state index >= 15 is 0 Å². The molecule has 0 aliphatic carbocycles. The number of carboxylic acid groups (broad SMARTS) is 1. The Morgan fingerprint density at radius 1 is 0.659 bits per heavy atom. The summed E-state index contributed by atoms with van der Waals surface area (Å²) in [7, 11) is 2.68. The topological polar surface area (TPSA) is 123 Å². The molecule has 0 radical (unpaired) electrons. The number of esters is 2. The molecule has 2 heterocycles. The van der Waals surface area contributed by atoms with Gasteiger partial charge in [0.2, 0.25) is 0 Å². The first kappa shape index (κ1) is 45.9. The highest BCUT2D eigenvalue weighted by Gasteiger charge is 2.32. The first-order valence-corrected chi connectivity index (χ1v) is 16.3. The van der Waals surface area contributed by atoms with Gasteiger partial charge in [-0.3, -0.25) is 9.59 Å². The molecule has 0 unspecified atom stereocenters. The highest BCUT2D eigenvalue weighted by atomic mass is 16.6. The van der Waals surface area contributed by atoms with Gasteiger partial charge in [0.25, 0.3) is 0 Å². The van der Waals surface area contributed by atoms with Crippen LogP contribution in [0.2, 0.25) is 0 Å². The van der Waals surface area contributed by atoms with E-state index in [1.54, 1.807) is 4.90 Å². The van der Waals surface area contributed by atoms with Crippen LogP contribution in [0.5, 0.6) is 0 Å². The van der Waals surface area contributed by atoms with Gasteiger partial charge >= 0.3 is 24.1 Å². The van der Waals surface area contributed by atoms with Gasteiger partial charge in [0.05, 0.1) is 27.1 Å². The number of nitrogens with zero attached hydrogens (tertiary/aromatic N) is 2. The number of methoxy groups -OCH3 is 2. The summed E-state index contributed by atoms with van der Waals surface area (Å²) in [5.74, 6) is 1.87. The number of ether oxygens (including phenoxy) is 3. The van der Waals surface area contributed by atoms with Crippen LogP contribution in [0.3, 0.4) is 0 Å². The fourth-order valence-electron chi connectivity index (χ4n) is 3.79. The van der Waals surface area contributed by atoms with E-state index in [1.807, 2.05) is 20.8 Å². The zero-order valence-electron chi connectivity index (χ0n) is 30.7. The molecule has 0 saturated carbocycles. The molecular weight excluding hydrogens is 564 g/mol. The van der Waals surface area contributed by atoms with Gasteiger partial charge in [-0.25, -0.2) is 9.59 Å². The Bertz CT molecular complexity index is 755. The van der Waals surface area contributed by atoms with E-state index in [1.165, 1.54) is 19.1 Å². The number of hydrogen-bond donors (Lipinski definition) is 1. The SMILES string of the molecule is CC(C)C.CC(C)C.CC(C)C.COC(=O)C[C@@H]1CCCCN1C(=O)O.COC(=O)C[C@@H]1CCCCN1C(=O)OC(C)(C)C. The molecule has 2 atom stereocenters. The third-order valence-electron chi connectivity index (χ3n) is 5.39. The predicted molar refractivity (Wildman–Crippen MR) is 178 cm³/mol. The second kappa shape index (κ2) is 25.8. The number of hydrogen-bond acceptors (Lipinski definition) is 7. The van der Waals surface area contributed by atoms with Gasteiger partial charge in [0, 0.05) is 25.2 Å². The normalized spacial score (nSPS) is 17.8. The van der Waals surface area contributed by atoms with Gasteiger partial charge in [-0.05, 0) is 77.0 Å². The van der Waals surface area contributed by atoms with E-state index in [2.05, 4.69) is 71.8 Å². The Balaban J connectivity index is -0.000000567. The maximum atomic E-state index is 12.0. The molecule has 2 saturated heterocycles. The third kappa shape index (κ3) is 29.5. The summed E-state index contributed by atoms with van der Waals surface area (Å²) < 4.78 is 14.5. The molecule has 2 aliphatic heterocycles. The van der Waals surface area contributed by atoms with Gasteiger partial charge in [-0.15, -0.1) is 0 Å². The average Bonchev–Trinajstić information content (AvgIpc) is 2.87. The molecule has 2 rings (SSSR count). The Morgan fingerprint density at radius 3 is 1.27 bits per heavy atom. The Hall–Kier alpha value is -2.52. The van der Waals surface area contributed by atoms with Crippen LogP contribution >= 0.6 is 0 Å². The van der Waals surface area contributed by atoms with Crippen molar-refractivity contribution in [2.75, 3.05) is 27.3 Å². The fourth-order valence-corrected chi connectivity index (χ4v) is 3.79. The highest BCUT2D eigenvalue weighted by molar-refractivity contribution is 5.73. The van der Waals surface area contributed by atoms with Crippen molar-refractivity contribution in [3.8, 4) is 0 Å². The molecule has 44 heavy (non-hydrogen) atoms. The Morgan fingerprint density at radius 2 is 0.977 bits per heavy atom. The van der Waals surface area contributed by atoms with Crippen LogP contribution in [-0.4, -0.2) is 84.0 Å². The van der Waals surface area contributed by atoms with E-state index in [9.17, 15) is 19.2 Å². The summed E-state index contributed by atoms with van der Waals surface area (Å²) in [6.45, 7) is 26.2. The number of piperidine rings is 2. The smallest absolute Gasteiger partial charge is 0.410 e. The fraction of sp³-hybridized carbons (Fsp3) is 0.882. The Labute approximate surface area is 269 Å². The number of amides is 2. The van der Waals surface area contributed by atoms with Crippen molar-refractivity contribution >= 4 is 24.1 Å². The lowest BCUT2D eigenvalue weighted by Gasteiger charge is -2.36. The Kier molecular flexibility index (Phi) is 26.9. The summed E-state index contributed by atoms with van der Waals surface area (Å²) in [4.78, 5) is 48.2. The molecule has 2 aliphatic rings. The molecular formula is C34H68N2O8. The number of carbonyl (C=O) groups is 4. The van der Waals surface area contributed by atoms with Crippen molar-refractivity contribution < 1.29 is 38.5 Å². The van der Waals surface area contributed by atoms with Crippen molar-refractivity contribution in [2.24, 2.45) is 17.8 Å². The van der Waals surface area contributed by atoms with E-state index in [0.717, 1.165) is 56.3 Å². The van der Waals surface area contributed by atoms with Crippen LogP contribution in [0.4, 0.5) is 9.59 Å². The predicted octanol–water partition coefficient (Wildman–Crippen LogP) is 8.41. The zero-order chi connectivity index (χ0) is 35.0. The van der Waals surface area contributed by atoms with Crippen LogP contribution in [0.15, 0.2) is 0 Å². The monoisotopic (exact) mass is 632 g/mol. The first-order chi connectivity index (χ1) is 20.2. The van der Waals surface area contributed by atoms with Gasteiger partial charge in [-0.1, -0.05) is 62.3 Å². The zero-order valence-corrected chi connectivity index (χ0v) is 30.7. The molecule has 2 amide bonds. The molecule has 0 aromatic carbocycles. The molecule has 0 aromatic heterocycles. The summed E-state index contributed by atoms with van der Waals surface area (Å²) in [6.07, 6.45) is 4.55. The lowest BCUT2D eigenvalue weighted by molar-refractivity contribution is -0.143. The average molecular weight is 633 g/mol. The van der Waals surface area contributed by atoms with Gasteiger partial charge in [0.1, 0.15) is 5.60 Å². The largest absolute Gasteiger partial charge is 0.469 e. The third-order valence-corrected chi connectivity index (χ3v) is 5.39. The van der Waals surface area contributed by atoms with E-state index in [-0.39, 0.29) is 43.0 Å². The second-order valence-electron chi connectivity index (χ2n) is 14.2. The van der Waals surface area contributed by atoms with Crippen LogP contribution in [0.1, 0.15) is 134 Å². The highest BCUT2D eigenvalue weighted by Crippen LogP contribution is 2.23. The number of carbonyl (C=O) groups excluding carboxylic acids is 3. The number of rotatable bonds is 4. The van der Waals surface area contributed by atoms with Crippen LogP contribution in [0.25, 0.3) is 0 Å². The quantitative estimate of drug-likeness (QED) is 0.242. The van der Waals surface area contributed by atoms with Gasteiger partial charge in [-0.2, -0.15) is 0 Å². The first-order valence-electron chi connectivity index (χ1n) is 16.3. The minimum absolute atomic E-state index is 0.0963. The van der Waals surface area contributed by atoms with Crippen LogP contribution in [-0.2, 0) is 23.8 Å². The summed E-state index contributed by atoms with van der Waals surface area (Å²) in [5, 5.41) is 8.87. The lowest BCUT2D eigenvalue weighted by Crippen LogP contribution is -2.47. The molecule has 10 nitrogen and oxygen atoms in total. The van der Waals surface area contributed by atoms with Crippen molar-refractivity contribution in [2.45, 2.75) is 152 Å². The molecule has 0 aromatic rings. The van der Waals surface area contributed by atoms with Crippen molar-refractivity contribution in [3.63, 3.8) is 0 Å². The minimum atomic E-state index is -0.946. The van der Waals surface area contributed by atoms with Gasteiger partial charge < -0.3 is 29.1 Å². The maximum absolute atomic E-state index is 12.0. The maximum Gasteiger partial charge on any atom is 0.410 e. The molecule has 10 heteroatoms. The van der Waals surface area contributed by atoms with Crippen molar-refractivity contribution in [1.82, 2.24) is 9.80 Å². The van der Waals surface area contributed by atoms with Crippen LogP contribution in [0, 0.1) is 17.8 Å². The standard InChI is InChI=1S/C13H23NO4.C9H15NO4.3C4H10/c1-13(2,3)18-12(16)14-8-6-5-7-10(14)9-11(15)17-4;1-14-8(11)6-7-4-2-3-5-10(7)9(12)13;3*1-4(2)3/h10H,5-9H2,1-4H3;7H,2-6H2,1H3,(H,12,13);3*4H,1-3H3/t10-;7-;;;/m00.../s1. The molecule has 0 spiro atoms. The summed E-state index contributed by atoms with van der Waals surface area (Å²) >= 11 is 0. The molecule has 2 fully saturated rings. The molecule has 1 N–H and O–H groups in total. The molecule has 262 valence electrons. The lowest BCUT2D eigenvalue weighted by atomic mass is 10.00. The van der Waals surface area contributed by atoms with Crippen molar-refractivity contribution in [1.29, 1.82) is 0 Å². The van der Waals surface area contributed by atoms with Crippen LogP contribution < -0.4 is 0 Å². The number of likely N-dealkylation sites (tertiary alicyclic amines) is 2. The van der Waals surface area contributed by atoms with E-state index in [4.69, 9.17) is 9.84 Å². The van der Waals surface area contributed by atoms with Gasteiger partial charge in [0.15, 0.2) is 0 Å². The van der Waals surface area contributed by atoms with E-state index in [0.29, 0.717) is 13.1 Å².